The Kier molecular flexibility index (Phi) is 2.84. The van der Waals surface area contributed by atoms with Crippen molar-refractivity contribution in [3.8, 4) is 0 Å². The van der Waals surface area contributed by atoms with E-state index in [1.807, 2.05) is 0 Å². The predicted molar refractivity (Wildman–Crippen MR) is 56.5 cm³/mol. The number of ether oxygens (including phenoxy) is 1. The van der Waals surface area contributed by atoms with E-state index < -0.39 is 24.6 Å². The highest BCUT2D eigenvalue weighted by molar-refractivity contribution is 5.84. The van der Waals surface area contributed by atoms with E-state index in [4.69, 9.17) is 4.74 Å². The van der Waals surface area contributed by atoms with Crippen LogP contribution in [-0.2, 0) is 4.74 Å². The molecule has 0 aromatic rings. The Morgan fingerprint density at radius 2 is 2.18 bits per heavy atom. The lowest BCUT2D eigenvalue weighted by Crippen LogP contribution is -2.48. The van der Waals surface area contributed by atoms with E-state index in [1.54, 1.807) is 7.05 Å². The number of carbonyl (C=O) groups excluding carboxylic acids is 2. The van der Waals surface area contributed by atoms with Crippen molar-refractivity contribution in [3.63, 3.8) is 0 Å². The molecule has 2 heterocycles. The zero-order valence-electron chi connectivity index (χ0n) is 9.95. The Labute approximate surface area is 98.7 Å². The number of hydrogen-bond donors (Lipinski definition) is 2. The third kappa shape index (κ3) is 1.60. The second kappa shape index (κ2) is 4.04. The van der Waals surface area contributed by atoms with Crippen LogP contribution in [-0.4, -0.2) is 71.3 Å². The normalized spacial score (nSPS) is 29.8. The molecule has 0 spiro atoms. The highest BCUT2D eigenvalue weighted by Gasteiger charge is 2.54. The van der Waals surface area contributed by atoms with Crippen LogP contribution in [0.25, 0.3) is 0 Å². The molecule has 3 unspecified atom stereocenters. The molecule has 0 aromatic carbocycles. The SMILES string of the molecule is COCN1C(=O)N(C)C2C1NC(=O)N2C(C)O. The van der Waals surface area contributed by atoms with Crippen molar-refractivity contribution in [1.29, 1.82) is 0 Å². The second-order valence-corrected chi connectivity index (χ2v) is 4.13. The summed E-state index contributed by atoms with van der Waals surface area (Å²) in [6.07, 6.45) is -1.96. The number of nitrogens with one attached hydrogen (secondary N) is 1. The summed E-state index contributed by atoms with van der Waals surface area (Å²) in [5, 5.41) is 12.2. The number of urea groups is 2. The van der Waals surface area contributed by atoms with Crippen molar-refractivity contribution in [2.45, 2.75) is 25.5 Å². The van der Waals surface area contributed by atoms with Crippen LogP contribution in [0.3, 0.4) is 0 Å². The first-order valence-corrected chi connectivity index (χ1v) is 5.28. The van der Waals surface area contributed by atoms with E-state index in [-0.39, 0.29) is 12.8 Å². The first-order chi connectivity index (χ1) is 7.99. The van der Waals surface area contributed by atoms with E-state index >= 15 is 0 Å². The van der Waals surface area contributed by atoms with Gasteiger partial charge in [0.15, 0.2) is 6.17 Å². The lowest BCUT2D eigenvalue weighted by atomic mass is 10.3. The molecular weight excluding hydrogens is 228 g/mol. The Hall–Kier alpha value is -1.54. The van der Waals surface area contributed by atoms with Gasteiger partial charge in [-0.05, 0) is 6.92 Å². The van der Waals surface area contributed by atoms with Crippen molar-refractivity contribution in [1.82, 2.24) is 20.0 Å². The van der Waals surface area contributed by atoms with Gasteiger partial charge in [0.1, 0.15) is 19.1 Å². The number of carbonyl (C=O) groups is 2. The largest absolute Gasteiger partial charge is 0.374 e. The smallest absolute Gasteiger partial charge is 0.325 e. The Bertz CT molecular complexity index is 348. The number of hydrogen-bond acceptors (Lipinski definition) is 4. The number of rotatable bonds is 3. The number of amides is 4. The molecule has 4 amide bonds. The zero-order valence-corrected chi connectivity index (χ0v) is 9.95. The molecule has 8 nitrogen and oxygen atoms in total. The summed E-state index contributed by atoms with van der Waals surface area (Å²) in [6, 6.07) is -0.636. The molecule has 2 aliphatic heterocycles. The average molecular weight is 244 g/mol. The molecule has 0 aliphatic carbocycles. The first-order valence-electron chi connectivity index (χ1n) is 5.28. The van der Waals surface area contributed by atoms with Crippen molar-refractivity contribution >= 4 is 12.1 Å². The molecule has 3 atom stereocenters. The fourth-order valence-corrected chi connectivity index (χ4v) is 2.29. The fourth-order valence-electron chi connectivity index (χ4n) is 2.29. The van der Waals surface area contributed by atoms with Gasteiger partial charge in [-0.15, -0.1) is 0 Å². The summed E-state index contributed by atoms with van der Waals surface area (Å²) in [6.45, 7) is 1.58. The average Bonchev–Trinajstić information content (AvgIpc) is 2.69. The number of fused-ring (bicyclic) bond motifs is 1. The highest BCUT2D eigenvalue weighted by atomic mass is 16.5. The third-order valence-corrected chi connectivity index (χ3v) is 3.02. The maximum Gasteiger partial charge on any atom is 0.325 e. The first kappa shape index (κ1) is 11.9. The second-order valence-electron chi connectivity index (χ2n) is 4.13. The summed E-state index contributed by atoms with van der Waals surface area (Å²) < 4.78 is 4.93. The Morgan fingerprint density at radius 1 is 1.53 bits per heavy atom. The minimum Gasteiger partial charge on any atom is -0.374 e. The monoisotopic (exact) mass is 244 g/mol. The topological polar surface area (TPSA) is 85.4 Å². The molecule has 2 saturated heterocycles. The van der Waals surface area contributed by atoms with Crippen LogP contribution in [0.5, 0.6) is 0 Å². The molecule has 8 heteroatoms. The van der Waals surface area contributed by atoms with Gasteiger partial charge in [0.25, 0.3) is 0 Å². The minimum atomic E-state index is -0.956. The van der Waals surface area contributed by atoms with Gasteiger partial charge in [0, 0.05) is 14.2 Å². The number of aliphatic hydroxyl groups is 1. The van der Waals surface area contributed by atoms with E-state index in [9.17, 15) is 14.7 Å². The summed E-state index contributed by atoms with van der Waals surface area (Å²) in [5.41, 5.74) is 0. The molecule has 0 aromatic heterocycles. The van der Waals surface area contributed by atoms with E-state index in [1.165, 1.54) is 28.7 Å². The Morgan fingerprint density at radius 3 is 2.71 bits per heavy atom. The van der Waals surface area contributed by atoms with Crippen molar-refractivity contribution < 1.29 is 19.4 Å². The summed E-state index contributed by atoms with van der Waals surface area (Å²) >= 11 is 0. The maximum atomic E-state index is 11.9. The maximum absolute atomic E-state index is 11.9. The van der Waals surface area contributed by atoms with Gasteiger partial charge >= 0.3 is 12.1 Å². The molecule has 17 heavy (non-hydrogen) atoms. The van der Waals surface area contributed by atoms with Crippen LogP contribution in [0.15, 0.2) is 0 Å². The lowest BCUT2D eigenvalue weighted by molar-refractivity contribution is 0.00113. The predicted octanol–water partition coefficient (Wildman–Crippen LogP) is -1.03. The number of methoxy groups -OCH3 is 1. The summed E-state index contributed by atoms with van der Waals surface area (Å²) in [4.78, 5) is 27.6. The van der Waals surface area contributed by atoms with Crippen molar-refractivity contribution in [3.05, 3.63) is 0 Å². The van der Waals surface area contributed by atoms with Crippen molar-refractivity contribution in [2.24, 2.45) is 0 Å². The molecule has 0 saturated carbocycles. The molecule has 2 rings (SSSR count). The molecular formula is C9H16N4O4. The zero-order chi connectivity index (χ0) is 12.7. The van der Waals surface area contributed by atoms with E-state index in [2.05, 4.69) is 5.32 Å². The number of aliphatic hydroxyl groups excluding tert-OH is 1. The molecule has 0 bridgehead atoms. The third-order valence-electron chi connectivity index (χ3n) is 3.02. The van der Waals surface area contributed by atoms with Crippen LogP contribution in [0, 0.1) is 0 Å². The van der Waals surface area contributed by atoms with Crippen LogP contribution < -0.4 is 5.32 Å². The van der Waals surface area contributed by atoms with Gasteiger partial charge in [0.05, 0.1) is 0 Å². The van der Waals surface area contributed by atoms with Gasteiger partial charge in [-0.25, -0.2) is 9.59 Å². The molecule has 2 aliphatic rings. The molecule has 0 radical (unpaired) electrons. The quantitative estimate of drug-likeness (QED) is 0.665. The van der Waals surface area contributed by atoms with E-state index in [0.717, 1.165) is 0 Å². The summed E-state index contributed by atoms with van der Waals surface area (Å²) in [7, 11) is 3.06. The molecule has 2 N–H and O–H groups in total. The Balaban J connectivity index is 2.27. The van der Waals surface area contributed by atoms with Gasteiger partial charge in [-0.3, -0.25) is 9.80 Å². The van der Waals surface area contributed by atoms with Gasteiger partial charge < -0.3 is 20.1 Å². The van der Waals surface area contributed by atoms with Gasteiger partial charge in [-0.2, -0.15) is 0 Å². The van der Waals surface area contributed by atoms with Gasteiger partial charge in [0.2, 0.25) is 0 Å². The number of nitrogens with zero attached hydrogens (tertiary/aromatic N) is 3. The number of likely N-dealkylation sites (N-methyl/N-ethyl adjacent to an activating group) is 1. The van der Waals surface area contributed by atoms with Crippen molar-refractivity contribution in [2.75, 3.05) is 20.9 Å². The lowest BCUT2D eigenvalue weighted by Gasteiger charge is -2.28. The fraction of sp³-hybridized carbons (Fsp3) is 0.778. The van der Waals surface area contributed by atoms with Crippen LogP contribution in [0.2, 0.25) is 0 Å². The van der Waals surface area contributed by atoms with Crippen LogP contribution in [0.4, 0.5) is 9.59 Å². The highest BCUT2D eigenvalue weighted by Crippen LogP contribution is 2.28. The van der Waals surface area contributed by atoms with E-state index in [0.29, 0.717) is 0 Å². The molecule has 2 fully saturated rings. The minimum absolute atomic E-state index is 0.0955. The molecule has 96 valence electrons. The summed E-state index contributed by atoms with van der Waals surface area (Å²) in [5.74, 6) is 0. The standard InChI is InChI=1S/C9H16N4O4/c1-5(14)13-7-6(10-8(13)15)12(4-17-3)9(16)11(7)2/h5-7,14H,4H2,1-3H3,(H,10,15). The van der Waals surface area contributed by atoms with Crippen LogP contribution >= 0.6 is 0 Å². The van der Waals surface area contributed by atoms with Gasteiger partial charge in [-0.1, -0.05) is 0 Å². The van der Waals surface area contributed by atoms with Crippen LogP contribution in [0.1, 0.15) is 6.92 Å².